The summed E-state index contributed by atoms with van der Waals surface area (Å²) < 4.78 is 0. The molecule has 1 amide bonds. The van der Waals surface area contributed by atoms with Gasteiger partial charge < -0.3 is 15.5 Å². The van der Waals surface area contributed by atoms with Crippen molar-refractivity contribution in [1.82, 2.24) is 15.1 Å². The number of rotatable bonds is 1. The molecule has 0 bridgehead atoms. The minimum atomic E-state index is -1.29. The highest BCUT2D eigenvalue weighted by Crippen LogP contribution is 2.29. The van der Waals surface area contributed by atoms with Crippen molar-refractivity contribution in [3.8, 4) is 0 Å². The van der Waals surface area contributed by atoms with Crippen LogP contribution in [0.3, 0.4) is 0 Å². The Morgan fingerprint density at radius 1 is 1.19 bits per heavy atom. The van der Waals surface area contributed by atoms with Gasteiger partial charge in [-0.2, -0.15) is 0 Å². The molecule has 2 fully saturated rings. The SMILES string of the molecule is O=C(O)N1CCCCC1(O)N1CCNCC1. The summed E-state index contributed by atoms with van der Waals surface area (Å²) in [5.74, 6) is -1.29. The summed E-state index contributed by atoms with van der Waals surface area (Å²) in [6.07, 6.45) is 1.20. The van der Waals surface area contributed by atoms with Crippen LogP contribution in [0.4, 0.5) is 4.79 Å². The molecule has 0 aliphatic carbocycles. The van der Waals surface area contributed by atoms with Gasteiger partial charge in [0.2, 0.25) is 5.85 Å². The van der Waals surface area contributed by atoms with Gasteiger partial charge in [-0.25, -0.2) is 4.79 Å². The maximum Gasteiger partial charge on any atom is 0.410 e. The monoisotopic (exact) mass is 229 g/mol. The highest BCUT2D eigenvalue weighted by molar-refractivity contribution is 5.65. The summed E-state index contributed by atoms with van der Waals surface area (Å²) in [4.78, 5) is 14.2. The molecule has 6 heteroatoms. The molecule has 0 saturated carbocycles. The van der Waals surface area contributed by atoms with Crippen molar-refractivity contribution >= 4 is 6.09 Å². The van der Waals surface area contributed by atoms with E-state index in [-0.39, 0.29) is 0 Å². The lowest BCUT2D eigenvalue weighted by Gasteiger charge is -2.49. The van der Waals surface area contributed by atoms with Crippen LogP contribution in [-0.2, 0) is 0 Å². The summed E-state index contributed by atoms with van der Waals surface area (Å²) >= 11 is 0. The van der Waals surface area contributed by atoms with Crippen LogP contribution in [0.5, 0.6) is 0 Å². The zero-order chi connectivity index (χ0) is 11.6. The van der Waals surface area contributed by atoms with Crippen molar-refractivity contribution < 1.29 is 15.0 Å². The number of carbonyl (C=O) groups is 1. The molecule has 2 rings (SSSR count). The van der Waals surface area contributed by atoms with Crippen molar-refractivity contribution in [2.75, 3.05) is 32.7 Å². The Hall–Kier alpha value is -0.850. The summed E-state index contributed by atoms with van der Waals surface area (Å²) in [5, 5.41) is 22.9. The number of hydrogen-bond donors (Lipinski definition) is 3. The zero-order valence-corrected chi connectivity index (χ0v) is 9.35. The van der Waals surface area contributed by atoms with Crippen LogP contribution in [0.1, 0.15) is 19.3 Å². The van der Waals surface area contributed by atoms with Crippen molar-refractivity contribution in [2.24, 2.45) is 0 Å². The summed E-state index contributed by atoms with van der Waals surface area (Å²) in [6.45, 7) is 3.42. The molecule has 92 valence electrons. The summed E-state index contributed by atoms with van der Waals surface area (Å²) in [6, 6.07) is 0. The number of nitrogens with zero attached hydrogens (tertiary/aromatic N) is 2. The summed E-state index contributed by atoms with van der Waals surface area (Å²) in [5.41, 5.74) is 0. The van der Waals surface area contributed by atoms with Gasteiger partial charge in [-0.05, 0) is 12.8 Å². The zero-order valence-electron chi connectivity index (χ0n) is 9.35. The van der Waals surface area contributed by atoms with E-state index in [2.05, 4.69) is 5.32 Å². The normalized spacial score (nSPS) is 32.7. The van der Waals surface area contributed by atoms with Crippen molar-refractivity contribution in [3.63, 3.8) is 0 Å². The quantitative estimate of drug-likeness (QED) is 0.575. The van der Waals surface area contributed by atoms with E-state index < -0.39 is 11.9 Å². The van der Waals surface area contributed by atoms with E-state index in [1.165, 1.54) is 4.90 Å². The first kappa shape index (κ1) is 11.6. The lowest BCUT2D eigenvalue weighted by molar-refractivity contribution is -0.219. The number of nitrogens with one attached hydrogen (secondary N) is 1. The molecule has 0 radical (unpaired) electrons. The maximum atomic E-state index is 11.1. The average Bonchev–Trinajstić information content (AvgIpc) is 2.30. The third-order valence-corrected chi connectivity index (χ3v) is 3.43. The van der Waals surface area contributed by atoms with Crippen LogP contribution in [0, 0.1) is 0 Å². The van der Waals surface area contributed by atoms with Gasteiger partial charge in [0.05, 0.1) is 0 Å². The molecule has 3 N–H and O–H groups in total. The van der Waals surface area contributed by atoms with Crippen molar-refractivity contribution in [2.45, 2.75) is 25.1 Å². The number of amides is 1. The standard InChI is InChI=1S/C10H19N3O3/c14-9(15)13-6-2-1-3-10(13,16)12-7-4-11-5-8-12/h11,16H,1-8H2,(H,14,15). The average molecular weight is 229 g/mol. The second-order valence-electron chi connectivity index (χ2n) is 4.40. The van der Waals surface area contributed by atoms with Gasteiger partial charge in [0.25, 0.3) is 0 Å². The van der Waals surface area contributed by atoms with Gasteiger partial charge in [-0.1, -0.05) is 0 Å². The molecule has 16 heavy (non-hydrogen) atoms. The molecule has 2 aliphatic rings. The van der Waals surface area contributed by atoms with Gasteiger partial charge >= 0.3 is 6.09 Å². The Bertz CT molecular complexity index is 268. The number of piperidine rings is 1. The fraction of sp³-hybridized carbons (Fsp3) is 0.900. The lowest BCUT2D eigenvalue weighted by Crippen LogP contribution is -2.67. The van der Waals surface area contributed by atoms with Gasteiger partial charge in [-0.15, -0.1) is 0 Å². The van der Waals surface area contributed by atoms with Gasteiger partial charge in [-0.3, -0.25) is 9.80 Å². The molecule has 0 aromatic heterocycles. The molecule has 0 aromatic carbocycles. The number of piperazine rings is 1. The maximum absolute atomic E-state index is 11.1. The highest BCUT2D eigenvalue weighted by Gasteiger charge is 2.45. The van der Waals surface area contributed by atoms with E-state index in [9.17, 15) is 9.90 Å². The largest absolute Gasteiger partial charge is 0.465 e. The van der Waals surface area contributed by atoms with E-state index in [0.717, 1.165) is 25.9 Å². The third kappa shape index (κ3) is 2.00. The van der Waals surface area contributed by atoms with Crippen LogP contribution < -0.4 is 5.32 Å². The first-order chi connectivity index (χ1) is 7.64. The van der Waals surface area contributed by atoms with E-state index in [1.54, 1.807) is 0 Å². The van der Waals surface area contributed by atoms with E-state index in [4.69, 9.17) is 5.11 Å². The predicted octanol–water partition coefficient (Wildman–Crippen LogP) is -0.298. The van der Waals surface area contributed by atoms with Crippen molar-refractivity contribution in [3.05, 3.63) is 0 Å². The Balaban J connectivity index is 2.14. The molecule has 1 unspecified atom stereocenters. The smallest absolute Gasteiger partial charge is 0.410 e. The minimum Gasteiger partial charge on any atom is -0.465 e. The van der Waals surface area contributed by atoms with E-state index >= 15 is 0 Å². The van der Waals surface area contributed by atoms with Crippen LogP contribution in [0.15, 0.2) is 0 Å². The number of carboxylic acid groups (broad SMARTS) is 1. The van der Waals surface area contributed by atoms with Gasteiger partial charge in [0.15, 0.2) is 0 Å². The molecule has 6 nitrogen and oxygen atoms in total. The topological polar surface area (TPSA) is 76.0 Å². The van der Waals surface area contributed by atoms with Crippen LogP contribution >= 0.6 is 0 Å². The number of aliphatic hydroxyl groups is 1. The van der Waals surface area contributed by atoms with Crippen LogP contribution in [0.2, 0.25) is 0 Å². The van der Waals surface area contributed by atoms with E-state index in [0.29, 0.717) is 26.1 Å². The second kappa shape index (κ2) is 4.57. The van der Waals surface area contributed by atoms with Gasteiger partial charge in [0, 0.05) is 39.1 Å². The van der Waals surface area contributed by atoms with E-state index in [1.807, 2.05) is 4.90 Å². The molecule has 1 atom stereocenters. The molecule has 2 heterocycles. The fourth-order valence-electron chi connectivity index (χ4n) is 2.55. The molecule has 0 aromatic rings. The van der Waals surface area contributed by atoms with Crippen LogP contribution in [0.25, 0.3) is 0 Å². The fourth-order valence-corrected chi connectivity index (χ4v) is 2.55. The second-order valence-corrected chi connectivity index (χ2v) is 4.40. The summed E-state index contributed by atoms with van der Waals surface area (Å²) in [7, 11) is 0. The number of likely N-dealkylation sites (tertiary alicyclic amines) is 1. The Morgan fingerprint density at radius 2 is 1.88 bits per heavy atom. The molecular weight excluding hydrogens is 210 g/mol. The first-order valence-electron chi connectivity index (χ1n) is 5.83. The molecule has 2 aliphatic heterocycles. The molecule has 2 saturated heterocycles. The minimum absolute atomic E-state index is 0.426. The Kier molecular flexibility index (Phi) is 3.32. The highest BCUT2D eigenvalue weighted by atomic mass is 16.4. The predicted molar refractivity (Wildman–Crippen MR) is 58.0 cm³/mol. The Morgan fingerprint density at radius 3 is 2.50 bits per heavy atom. The third-order valence-electron chi connectivity index (χ3n) is 3.43. The lowest BCUT2D eigenvalue weighted by atomic mass is 10.0. The molecule has 0 spiro atoms. The molecular formula is C10H19N3O3. The van der Waals surface area contributed by atoms with Crippen molar-refractivity contribution in [1.29, 1.82) is 0 Å². The Labute approximate surface area is 94.8 Å². The first-order valence-corrected chi connectivity index (χ1v) is 5.83. The number of hydrogen-bond acceptors (Lipinski definition) is 4. The van der Waals surface area contributed by atoms with Crippen LogP contribution in [-0.4, -0.2) is 64.7 Å². The van der Waals surface area contributed by atoms with Gasteiger partial charge in [0.1, 0.15) is 0 Å².